The number of aliphatic hydroxyl groups excluding tert-OH is 1. The lowest BCUT2D eigenvalue weighted by atomic mass is 9.85. The van der Waals surface area contributed by atoms with Gasteiger partial charge in [-0.3, -0.25) is 9.20 Å². The number of carbonyl (C=O) groups is 1. The lowest BCUT2D eigenvalue weighted by Gasteiger charge is -2.30. The Morgan fingerprint density at radius 1 is 1.59 bits per heavy atom. The molecule has 7 heteroatoms. The molecule has 0 radical (unpaired) electrons. The van der Waals surface area contributed by atoms with Crippen LogP contribution in [0.3, 0.4) is 0 Å². The van der Waals surface area contributed by atoms with Gasteiger partial charge >= 0.3 is 0 Å². The Morgan fingerprint density at radius 2 is 2.32 bits per heavy atom. The number of amides is 1. The Balaban J connectivity index is 2.11. The van der Waals surface area contributed by atoms with Gasteiger partial charge in [-0.2, -0.15) is 0 Å². The molecule has 0 bridgehead atoms. The van der Waals surface area contributed by atoms with Gasteiger partial charge in [0.15, 0.2) is 10.1 Å². The summed E-state index contributed by atoms with van der Waals surface area (Å²) in [5.74, 6) is -0.213. The van der Waals surface area contributed by atoms with Crippen LogP contribution in [0.15, 0.2) is 17.7 Å². The quantitative estimate of drug-likeness (QED) is 0.822. The first-order valence-corrected chi connectivity index (χ1v) is 8.29. The normalized spacial score (nSPS) is 13.9. The zero-order valence-corrected chi connectivity index (χ0v) is 14.4. The molecule has 0 aromatic carbocycles. The van der Waals surface area contributed by atoms with E-state index in [1.807, 2.05) is 36.7 Å². The van der Waals surface area contributed by atoms with Crippen LogP contribution < -0.4 is 5.32 Å². The van der Waals surface area contributed by atoms with E-state index in [1.165, 1.54) is 17.4 Å². The number of aliphatic hydroxyl groups is 1. The highest BCUT2D eigenvalue weighted by Crippen LogP contribution is 2.23. The topological polar surface area (TPSA) is 66.6 Å². The summed E-state index contributed by atoms with van der Waals surface area (Å²) in [5, 5.41) is 14.3. The van der Waals surface area contributed by atoms with Gasteiger partial charge in [-0.15, -0.1) is 11.3 Å². The molecule has 1 amide bonds. The second-order valence-electron chi connectivity index (χ2n) is 6.12. The predicted molar refractivity (Wildman–Crippen MR) is 90.2 cm³/mol. The Labute approximate surface area is 138 Å². The van der Waals surface area contributed by atoms with Gasteiger partial charge in [0.1, 0.15) is 0 Å². The summed E-state index contributed by atoms with van der Waals surface area (Å²) in [7, 11) is 0. The van der Waals surface area contributed by atoms with Crippen LogP contribution in [0.2, 0.25) is 5.15 Å². The van der Waals surface area contributed by atoms with Crippen molar-refractivity contribution in [2.75, 3.05) is 6.61 Å². The number of rotatable bonds is 5. The Morgan fingerprint density at radius 3 is 2.95 bits per heavy atom. The molecule has 1 unspecified atom stereocenters. The number of thiazole rings is 1. The van der Waals surface area contributed by atoms with E-state index in [0.29, 0.717) is 17.3 Å². The molecule has 0 aliphatic heterocycles. The molecule has 1 atom stereocenters. The number of hydrogen-bond donors (Lipinski definition) is 2. The Hall–Kier alpha value is -1.37. The number of aromatic nitrogens is 2. The van der Waals surface area contributed by atoms with E-state index in [9.17, 15) is 4.79 Å². The monoisotopic (exact) mass is 341 g/mol. The summed E-state index contributed by atoms with van der Waals surface area (Å²) >= 11 is 7.56. The average Bonchev–Trinajstić information content (AvgIpc) is 2.95. The van der Waals surface area contributed by atoms with E-state index in [4.69, 9.17) is 16.7 Å². The first kappa shape index (κ1) is 17.0. The first-order valence-electron chi connectivity index (χ1n) is 7.03. The maximum absolute atomic E-state index is 12.1. The second kappa shape index (κ2) is 6.81. The number of nitrogens with zero attached hydrogens (tertiary/aromatic N) is 2. The fourth-order valence-electron chi connectivity index (χ4n) is 2.15. The van der Waals surface area contributed by atoms with Crippen molar-refractivity contribution in [2.24, 2.45) is 5.41 Å². The summed E-state index contributed by atoms with van der Waals surface area (Å²) in [6.45, 7) is 6.12. The van der Waals surface area contributed by atoms with Gasteiger partial charge in [-0.1, -0.05) is 32.4 Å². The molecule has 120 valence electrons. The van der Waals surface area contributed by atoms with Crippen molar-refractivity contribution in [2.45, 2.75) is 33.2 Å². The molecule has 2 N–H and O–H groups in total. The van der Waals surface area contributed by atoms with Crippen molar-refractivity contribution in [1.29, 1.82) is 0 Å². The number of nitrogens with one attached hydrogen (secondary N) is 1. The van der Waals surface area contributed by atoms with E-state index in [1.54, 1.807) is 6.08 Å². The number of imidazole rings is 1. The largest absolute Gasteiger partial charge is 0.396 e. The standard InChI is InChI=1S/C15H20ClN3O2S/c1-15(2,3)11(6-8-20)17-12(21)5-4-10-13(16)18-14-19(10)7-9-22-14/h4-5,7,9,11,20H,6,8H2,1-3H3,(H,17,21)/b5-4+. The molecule has 0 fully saturated rings. The van der Waals surface area contributed by atoms with Crippen LogP contribution in [0.4, 0.5) is 0 Å². The summed E-state index contributed by atoms with van der Waals surface area (Å²) in [6, 6.07) is -0.100. The van der Waals surface area contributed by atoms with Crippen LogP contribution >= 0.6 is 22.9 Å². The number of halogens is 1. The number of carbonyl (C=O) groups excluding carboxylic acids is 1. The smallest absolute Gasteiger partial charge is 0.244 e. The number of hydrogen-bond acceptors (Lipinski definition) is 4. The van der Waals surface area contributed by atoms with Gasteiger partial charge in [0.2, 0.25) is 5.91 Å². The summed E-state index contributed by atoms with van der Waals surface area (Å²) < 4.78 is 1.84. The lowest BCUT2D eigenvalue weighted by molar-refractivity contribution is -0.118. The van der Waals surface area contributed by atoms with Gasteiger partial charge in [0.05, 0.1) is 5.69 Å². The van der Waals surface area contributed by atoms with Crippen LogP contribution in [-0.4, -0.2) is 33.0 Å². The fraction of sp³-hybridized carbons (Fsp3) is 0.467. The van der Waals surface area contributed by atoms with Crippen molar-refractivity contribution >= 4 is 39.9 Å². The van der Waals surface area contributed by atoms with Crippen LogP contribution in [0.5, 0.6) is 0 Å². The zero-order chi connectivity index (χ0) is 16.3. The van der Waals surface area contributed by atoms with Gasteiger partial charge in [-0.25, -0.2) is 4.98 Å². The van der Waals surface area contributed by atoms with Crippen LogP contribution in [0.1, 0.15) is 32.9 Å². The second-order valence-corrected chi connectivity index (χ2v) is 7.35. The first-order chi connectivity index (χ1) is 10.3. The molecular formula is C15H20ClN3O2S. The Kier molecular flexibility index (Phi) is 5.26. The van der Waals surface area contributed by atoms with Gasteiger partial charge < -0.3 is 10.4 Å². The van der Waals surface area contributed by atoms with Crippen LogP contribution in [0.25, 0.3) is 11.0 Å². The van der Waals surface area contributed by atoms with Gasteiger partial charge in [0, 0.05) is 30.3 Å². The number of fused-ring (bicyclic) bond motifs is 1. The van der Waals surface area contributed by atoms with Crippen molar-refractivity contribution in [3.63, 3.8) is 0 Å². The van der Waals surface area contributed by atoms with Crippen molar-refractivity contribution in [3.05, 3.63) is 28.5 Å². The average molecular weight is 342 g/mol. The fourth-order valence-corrected chi connectivity index (χ4v) is 3.16. The summed E-state index contributed by atoms with van der Waals surface area (Å²) in [4.78, 5) is 17.1. The molecule has 2 aromatic rings. The summed E-state index contributed by atoms with van der Waals surface area (Å²) in [6.07, 6.45) is 5.48. The maximum atomic E-state index is 12.1. The van der Waals surface area contributed by atoms with Crippen LogP contribution in [-0.2, 0) is 4.79 Å². The maximum Gasteiger partial charge on any atom is 0.244 e. The van der Waals surface area contributed by atoms with Crippen molar-refractivity contribution < 1.29 is 9.90 Å². The van der Waals surface area contributed by atoms with Crippen molar-refractivity contribution in [3.8, 4) is 0 Å². The molecule has 0 aliphatic carbocycles. The van der Waals surface area contributed by atoms with E-state index < -0.39 is 0 Å². The minimum Gasteiger partial charge on any atom is -0.396 e. The molecule has 2 rings (SSSR count). The highest BCUT2D eigenvalue weighted by Gasteiger charge is 2.25. The highest BCUT2D eigenvalue weighted by molar-refractivity contribution is 7.15. The van der Waals surface area contributed by atoms with E-state index in [-0.39, 0.29) is 24.0 Å². The Bertz CT molecular complexity index is 685. The molecule has 0 saturated heterocycles. The van der Waals surface area contributed by atoms with E-state index in [0.717, 1.165) is 4.96 Å². The van der Waals surface area contributed by atoms with Crippen molar-refractivity contribution in [1.82, 2.24) is 14.7 Å². The molecule has 2 heterocycles. The van der Waals surface area contributed by atoms with E-state index in [2.05, 4.69) is 10.3 Å². The SMILES string of the molecule is CC(C)(C)C(CCO)NC(=O)/C=C/c1c(Cl)nc2sccn12. The molecule has 5 nitrogen and oxygen atoms in total. The summed E-state index contributed by atoms with van der Waals surface area (Å²) in [5.41, 5.74) is 0.559. The van der Waals surface area contributed by atoms with Gasteiger partial charge in [-0.05, 0) is 17.9 Å². The molecular weight excluding hydrogens is 322 g/mol. The minimum absolute atomic E-state index is 0.0376. The van der Waals surface area contributed by atoms with Crippen LogP contribution in [0, 0.1) is 5.41 Å². The van der Waals surface area contributed by atoms with E-state index >= 15 is 0 Å². The molecule has 0 spiro atoms. The third kappa shape index (κ3) is 3.88. The minimum atomic E-state index is -0.213. The molecule has 22 heavy (non-hydrogen) atoms. The molecule has 0 saturated carbocycles. The zero-order valence-electron chi connectivity index (χ0n) is 12.8. The molecule has 2 aromatic heterocycles. The highest BCUT2D eigenvalue weighted by atomic mass is 35.5. The van der Waals surface area contributed by atoms with Gasteiger partial charge in [0.25, 0.3) is 0 Å². The third-order valence-electron chi connectivity index (χ3n) is 3.43. The molecule has 0 aliphatic rings. The lowest BCUT2D eigenvalue weighted by Crippen LogP contribution is -2.43. The third-order valence-corrected chi connectivity index (χ3v) is 4.46. The predicted octanol–water partition coefficient (Wildman–Crippen LogP) is 2.98.